The molecule has 0 heterocycles. The van der Waals surface area contributed by atoms with Crippen LogP contribution in [0.3, 0.4) is 0 Å². The van der Waals surface area contributed by atoms with Crippen LogP contribution in [0.5, 0.6) is 0 Å². The van der Waals surface area contributed by atoms with E-state index in [0.29, 0.717) is 29.1 Å². The van der Waals surface area contributed by atoms with Gasteiger partial charge in [-0.1, -0.05) is 29.3 Å². The van der Waals surface area contributed by atoms with E-state index in [1.165, 1.54) is 0 Å². The molecule has 134 valence electrons. The van der Waals surface area contributed by atoms with E-state index < -0.39 is 0 Å². The number of halogens is 3. The highest BCUT2D eigenvalue weighted by Crippen LogP contribution is 2.28. The zero-order valence-electron chi connectivity index (χ0n) is 13.7. The van der Waals surface area contributed by atoms with Crippen LogP contribution in [0, 0.1) is 5.92 Å². The van der Waals surface area contributed by atoms with Crippen molar-refractivity contribution in [1.29, 1.82) is 0 Å². The van der Waals surface area contributed by atoms with Crippen molar-refractivity contribution in [1.82, 2.24) is 16.0 Å². The number of nitrogens with one attached hydrogen (secondary N) is 3. The van der Waals surface area contributed by atoms with Crippen molar-refractivity contribution >= 4 is 59.0 Å². The van der Waals surface area contributed by atoms with Crippen LogP contribution in [0.25, 0.3) is 0 Å². The smallest absolute Gasteiger partial charge is 0.223 e. The van der Waals surface area contributed by atoms with Crippen LogP contribution in [-0.4, -0.2) is 32.0 Å². The number of carbonyl (C=O) groups excluding carboxylic acids is 1. The molecule has 1 amide bonds. The maximum Gasteiger partial charge on any atom is 0.223 e. The molecule has 24 heavy (non-hydrogen) atoms. The minimum absolute atomic E-state index is 0. The average Bonchev–Trinajstić information content (AvgIpc) is 3.34. The second kappa shape index (κ2) is 10.3. The van der Waals surface area contributed by atoms with Gasteiger partial charge in [0.05, 0.1) is 6.04 Å². The summed E-state index contributed by atoms with van der Waals surface area (Å²) in [5.41, 5.74) is 0.945. The number of nitrogens with zero attached hydrogens (tertiary/aromatic N) is 1. The van der Waals surface area contributed by atoms with Crippen molar-refractivity contribution in [3.8, 4) is 0 Å². The minimum atomic E-state index is -0.0213. The Bertz CT molecular complexity index is 593. The third-order valence-electron chi connectivity index (χ3n) is 3.67. The average molecular weight is 485 g/mol. The van der Waals surface area contributed by atoms with Crippen molar-refractivity contribution < 1.29 is 4.79 Å². The Morgan fingerprint density at radius 2 is 1.96 bits per heavy atom. The first kappa shape index (κ1) is 21.3. The van der Waals surface area contributed by atoms with Crippen LogP contribution in [0.15, 0.2) is 23.2 Å². The summed E-state index contributed by atoms with van der Waals surface area (Å²) in [6.45, 7) is 3.18. The highest BCUT2D eigenvalue weighted by atomic mass is 127. The van der Waals surface area contributed by atoms with E-state index in [1.54, 1.807) is 13.1 Å². The van der Waals surface area contributed by atoms with Crippen LogP contribution in [0.4, 0.5) is 0 Å². The van der Waals surface area contributed by atoms with Crippen molar-refractivity contribution in [3.05, 3.63) is 33.8 Å². The monoisotopic (exact) mass is 484 g/mol. The van der Waals surface area contributed by atoms with Gasteiger partial charge in [0.15, 0.2) is 5.96 Å². The summed E-state index contributed by atoms with van der Waals surface area (Å²) in [7, 11) is 1.70. The predicted octanol–water partition coefficient (Wildman–Crippen LogP) is 3.36. The first-order chi connectivity index (χ1) is 11.0. The standard InChI is InChI=1S/C16H22Cl2N4O.HI/c1-10(13-6-5-12(17)9-14(13)18)22-16(19-2)21-8-7-20-15(23)11-3-4-11;/h5-6,9-11H,3-4,7-8H2,1-2H3,(H,20,23)(H2,19,21,22);1H. The van der Waals surface area contributed by atoms with Gasteiger partial charge in [0, 0.05) is 36.1 Å². The van der Waals surface area contributed by atoms with Crippen LogP contribution < -0.4 is 16.0 Å². The van der Waals surface area contributed by atoms with Crippen molar-refractivity contribution in [2.75, 3.05) is 20.1 Å². The van der Waals surface area contributed by atoms with Gasteiger partial charge in [-0.2, -0.15) is 0 Å². The number of guanidine groups is 1. The molecule has 0 radical (unpaired) electrons. The Labute approximate surface area is 170 Å². The molecule has 1 aliphatic carbocycles. The second-order valence-corrected chi connectivity index (χ2v) is 6.44. The topological polar surface area (TPSA) is 65.5 Å². The largest absolute Gasteiger partial charge is 0.355 e. The molecule has 1 atom stereocenters. The van der Waals surface area contributed by atoms with E-state index in [-0.39, 0.29) is 41.8 Å². The summed E-state index contributed by atoms with van der Waals surface area (Å²) in [5.74, 6) is 1.04. The summed E-state index contributed by atoms with van der Waals surface area (Å²) in [5, 5.41) is 10.6. The molecule has 8 heteroatoms. The molecular weight excluding hydrogens is 462 g/mol. The third-order valence-corrected chi connectivity index (χ3v) is 4.23. The van der Waals surface area contributed by atoms with Crippen LogP contribution in [0.1, 0.15) is 31.4 Å². The number of carbonyl (C=O) groups is 1. The van der Waals surface area contributed by atoms with Gasteiger partial charge < -0.3 is 16.0 Å². The normalized spacial score (nSPS) is 15.2. The Kier molecular flexibility index (Phi) is 9.15. The molecule has 0 aromatic heterocycles. The summed E-state index contributed by atoms with van der Waals surface area (Å²) in [4.78, 5) is 15.7. The first-order valence-electron chi connectivity index (χ1n) is 7.71. The lowest BCUT2D eigenvalue weighted by Crippen LogP contribution is -2.42. The lowest BCUT2D eigenvalue weighted by atomic mass is 10.1. The molecule has 1 saturated carbocycles. The molecule has 5 nitrogen and oxygen atoms in total. The molecule has 1 unspecified atom stereocenters. The molecular formula is C16H23Cl2IN4O. The molecule has 1 aromatic rings. The Morgan fingerprint density at radius 3 is 2.54 bits per heavy atom. The number of hydrogen-bond donors (Lipinski definition) is 3. The van der Waals surface area contributed by atoms with Gasteiger partial charge in [0.25, 0.3) is 0 Å². The quantitative estimate of drug-likeness (QED) is 0.251. The highest BCUT2D eigenvalue weighted by Gasteiger charge is 2.28. The predicted molar refractivity (Wildman–Crippen MR) is 111 cm³/mol. The van der Waals surface area contributed by atoms with Crippen LogP contribution in [-0.2, 0) is 4.79 Å². The summed E-state index contributed by atoms with van der Waals surface area (Å²) in [6, 6.07) is 5.41. The van der Waals surface area contributed by atoms with Gasteiger partial charge in [-0.05, 0) is 37.5 Å². The fourth-order valence-corrected chi connectivity index (χ4v) is 2.76. The molecule has 0 bridgehead atoms. The first-order valence-corrected chi connectivity index (χ1v) is 8.46. The molecule has 2 rings (SSSR count). The molecule has 0 spiro atoms. The number of benzene rings is 1. The van der Waals surface area contributed by atoms with Gasteiger partial charge >= 0.3 is 0 Å². The zero-order valence-corrected chi connectivity index (χ0v) is 17.6. The Morgan fingerprint density at radius 1 is 1.29 bits per heavy atom. The molecule has 3 N–H and O–H groups in total. The summed E-state index contributed by atoms with van der Waals surface area (Å²) in [6.07, 6.45) is 2.03. The van der Waals surface area contributed by atoms with E-state index in [1.807, 2.05) is 19.1 Å². The zero-order chi connectivity index (χ0) is 16.8. The SMILES string of the molecule is CN=C(NCCNC(=O)C1CC1)NC(C)c1ccc(Cl)cc1Cl.I. The lowest BCUT2D eigenvalue weighted by molar-refractivity contribution is -0.122. The Hall–Kier alpha value is -0.730. The maximum absolute atomic E-state index is 11.5. The maximum atomic E-state index is 11.5. The van der Waals surface area contributed by atoms with Crippen LogP contribution >= 0.6 is 47.2 Å². The number of amides is 1. The molecule has 0 saturated heterocycles. The van der Waals surface area contributed by atoms with Crippen molar-refractivity contribution in [2.24, 2.45) is 10.9 Å². The highest BCUT2D eigenvalue weighted by molar-refractivity contribution is 14.0. The van der Waals surface area contributed by atoms with Crippen molar-refractivity contribution in [2.45, 2.75) is 25.8 Å². The van der Waals surface area contributed by atoms with E-state index in [9.17, 15) is 4.79 Å². The fourth-order valence-electron chi connectivity index (χ4n) is 2.19. The second-order valence-electron chi connectivity index (χ2n) is 5.60. The van der Waals surface area contributed by atoms with Crippen LogP contribution in [0.2, 0.25) is 10.0 Å². The van der Waals surface area contributed by atoms with Gasteiger partial charge in [0.1, 0.15) is 0 Å². The number of hydrogen-bond acceptors (Lipinski definition) is 2. The molecule has 1 fully saturated rings. The summed E-state index contributed by atoms with van der Waals surface area (Å²) >= 11 is 12.1. The van der Waals surface area contributed by atoms with E-state index in [2.05, 4.69) is 20.9 Å². The van der Waals surface area contributed by atoms with Gasteiger partial charge in [-0.15, -0.1) is 24.0 Å². The molecule has 1 aromatic carbocycles. The molecule has 0 aliphatic heterocycles. The van der Waals surface area contributed by atoms with Gasteiger partial charge in [0.2, 0.25) is 5.91 Å². The van der Waals surface area contributed by atoms with E-state index >= 15 is 0 Å². The number of aliphatic imine (C=N–C) groups is 1. The number of rotatable bonds is 6. The molecule has 1 aliphatic rings. The van der Waals surface area contributed by atoms with E-state index in [0.717, 1.165) is 18.4 Å². The third kappa shape index (κ3) is 6.64. The van der Waals surface area contributed by atoms with E-state index in [4.69, 9.17) is 23.2 Å². The minimum Gasteiger partial charge on any atom is -0.355 e. The van der Waals surface area contributed by atoms with Gasteiger partial charge in [-0.3, -0.25) is 9.79 Å². The summed E-state index contributed by atoms with van der Waals surface area (Å²) < 4.78 is 0. The lowest BCUT2D eigenvalue weighted by Gasteiger charge is -2.19. The van der Waals surface area contributed by atoms with Gasteiger partial charge in [-0.25, -0.2) is 0 Å². The fraction of sp³-hybridized carbons (Fsp3) is 0.500. The Balaban J connectivity index is 0.00000288. The van der Waals surface area contributed by atoms with Crippen molar-refractivity contribution in [3.63, 3.8) is 0 Å².